The van der Waals surface area contributed by atoms with Crippen LogP contribution >= 0.6 is 23.2 Å². The molecule has 28 heavy (non-hydrogen) atoms. The van der Waals surface area contributed by atoms with Gasteiger partial charge in [-0.1, -0.05) is 23.2 Å². The number of nitrogens with one attached hydrogen (secondary N) is 2. The number of carbonyl (C=O) groups excluding carboxylic acids is 2. The second kappa shape index (κ2) is 10.5. The van der Waals surface area contributed by atoms with Gasteiger partial charge in [-0.25, -0.2) is 5.43 Å². The second-order valence-electron chi connectivity index (χ2n) is 5.54. The first kappa shape index (κ1) is 21.5. The average molecular weight is 424 g/mol. The Morgan fingerprint density at radius 1 is 1.07 bits per heavy atom. The number of hydrogen-bond donors (Lipinski definition) is 2. The lowest BCUT2D eigenvalue weighted by atomic mass is 10.2. The zero-order valence-corrected chi connectivity index (χ0v) is 16.8. The Morgan fingerprint density at radius 2 is 1.86 bits per heavy atom. The zero-order valence-electron chi connectivity index (χ0n) is 15.3. The van der Waals surface area contributed by atoms with E-state index in [2.05, 4.69) is 15.8 Å². The summed E-state index contributed by atoms with van der Waals surface area (Å²) in [5.74, 6) is 0.523. The highest BCUT2D eigenvalue weighted by Crippen LogP contribution is 2.23. The first-order chi connectivity index (χ1) is 13.4. The third-order valence-corrected chi connectivity index (χ3v) is 4.39. The van der Waals surface area contributed by atoms with Crippen molar-refractivity contribution >= 4 is 41.2 Å². The Kier molecular flexibility index (Phi) is 8.10. The Bertz CT molecular complexity index is 887. The number of carbonyl (C=O) groups is 2. The highest BCUT2D eigenvalue weighted by atomic mass is 35.5. The van der Waals surface area contributed by atoms with Crippen LogP contribution in [-0.2, 0) is 4.79 Å². The number of hydrogen-bond acceptors (Lipinski definition) is 5. The van der Waals surface area contributed by atoms with Crippen LogP contribution in [0.5, 0.6) is 11.5 Å². The number of benzene rings is 2. The van der Waals surface area contributed by atoms with E-state index in [1.54, 1.807) is 31.4 Å². The van der Waals surface area contributed by atoms with Crippen LogP contribution in [0.25, 0.3) is 0 Å². The van der Waals surface area contributed by atoms with E-state index in [0.717, 1.165) is 0 Å². The van der Waals surface area contributed by atoms with Crippen LogP contribution in [0, 0.1) is 0 Å². The van der Waals surface area contributed by atoms with Crippen LogP contribution < -0.4 is 20.2 Å². The molecule has 0 aliphatic carbocycles. The lowest BCUT2D eigenvalue weighted by Gasteiger charge is -2.07. The van der Waals surface area contributed by atoms with Crippen LogP contribution in [0.4, 0.5) is 0 Å². The molecule has 0 radical (unpaired) electrons. The Labute approximate surface area is 172 Å². The molecule has 2 aromatic rings. The molecule has 2 amide bonds. The zero-order chi connectivity index (χ0) is 20.5. The van der Waals surface area contributed by atoms with Crippen molar-refractivity contribution in [2.24, 2.45) is 5.10 Å². The summed E-state index contributed by atoms with van der Waals surface area (Å²) in [7, 11) is 3.09. The number of amides is 2. The van der Waals surface area contributed by atoms with Gasteiger partial charge in [-0.3, -0.25) is 9.59 Å². The molecule has 0 spiro atoms. The molecule has 0 saturated heterocycles. The van der Waals surface area contributed by atoms with Gasteiger partial charge in [0.05, 0.1) is 30.5 Å². The quantitative estimate of drug-likeness (QED) is 0.503. The maximum Gasteiger partial charge on any atom is 0.251 e. The molecular weight excluding hydrogens is 405 g/mol. The van der Waals surface area contributed by atoms with Gasteiger partial charge in [-0.2, -0.15) is 5.10 Å². The highest BCUT2D eigenvalue weighted by Gasteiger charge is 2.09. The molecular formula is C19H19Cl2N3O4. The molecule has 0 fully saturated rings. The first-order valence-electron chi connectivity index (χ1n) is 8.21. The van der Waals surface area contributed by atoms with E-state index in [-0.39, 0.29) is 29.8 Å². The fourth-order valence-corrected chi connectivity index (χ4v) is 2.50. The van der Waals surface area contributed by atoms with E-state index in [4.69, 9.17) is 32.7 Å². The van der Waals surface area contributed by atoms with E-state index in [1.165, 1.54) is 25.5 Å². The van der Waals surface area contributed by atoms with Crippen molar-refractivity contribution in [1.82, 2.24) is 10.7 Å². The maximum absolute atomic E-state index is 12.0. The number of ether oxygens (including phenoxy) is 2. The van der Waals surface area contributed by atoms with Gasteiger partial charge in [0.1, 0.15) is 11.5 Å². The fourth-order valence-electron chi connectivity index (χ4n) is 2.20. The molecule has 2 rings (SSSR count). The van der Waals surface area contributed by atoms with Crippen molar-refractivity contribution < 1.29 is 19.1 Å². The van der Waals surface area contributed by atoms with Gasteiger partial charge in [0.25, 0.3) is 5.91 Å². The molecule has 7 nitrogen and oxygen atoms in total. The lowest BCUT2D eigenvalue weighted by molar-refractivity contribution is -0.120. The predicted molar refractivity (Wildman–Crippen MR) is 109 cm³/mol. The summed E-state index contributed by atoms with van der Waals surface area (Å²) in [5, 5.41) is 7.18. The van der Waals surface area contributed by atoms with Crippen LogP contribution in [0.2, 0.25) is 10.0 Å². The standard InChI is InChI=1S/C19H19Cl2N3O4/c1-27-14-4-6-17(28-2)13(9-14)11-23-24-18(25)7-8-22-19(26)12-3-5-15(20)16(21)10-12/h3-6,9-11H,7-8H2,1-2H3,(H,22,26)(H,24,25). The minimum absolute atomic E-state index is 0.0552. The summed E-state index contributed by atoms with van der Waals surface area (Å²) in [4.78, 5) is 23.9. The molecule has 0 aliphatic heterocycles. The van der Waals surface area contributed by atoms with Crippen LogP contribution in [0.1, 0.15) is 22.3 Å². The van der Waals surface area contributed by atoms with Crippen LogP contribution in [-0.4, -0.2) is 38.8 Å². The third-order valence-electron chi connectivity index (χ3n) is 3.65. The highest BCUT2D eigenvalue weighted by molar-refractivity contribution is 6.42. The molecule has 2 N–H and O–H groups in total. The van der Waals surface area contributed by atoms with Crippen molar-refractivity contribution in [2.45, 2.75) is 6.42 Å². The molecule has 9 heteroatoms. The smallest absolute Gasteiger partial charge is 0.251 e. The summed E-state index contributed by atoms with van der Waals surface area (Å²) >= 11 is 11.7. The van der Waals surface area contributed by atoms with Gasteiger partial charge >= 0.3 is 0 Å². The molecule has 0 aliphatic rings. The predicted octanol–water partition coefficient (Wildman–Crippen LogP) is 3.28. The van der Waals surface area contributed by atoms with E-state index in [1.807, 2.05) is 0 Å². The summed E-state index contributed by atoms with van der Waals surface area (Å²) in [6.07, 6.45) is 1.51. The van der Waals surface area contributed by atoms with E-state index < -0.39 is 0 Å². The summed E-state index contributed by atoms with van der Waals surface area (Å²) in [6.45, 7) is 0.142. The van der Waals surface area contributed by atoms with Crippen molar-refractivity contribution in [2.75, 3.05) is 20.8 Å². The molecule has 0 aromatic heterocycles. The van der Waals surface area contributed by atoms with Gasteiger partial charge in [0.2, 0.25) is 5.91 Å². The van der Waals surface area contributed by atoms with E-state index >= 15 is 0 Å². The summed E-state index contributed by atoms with van der Waals surface area (Å²) in [6, 6.07) is 9.77. The summed E-state index contributed by atoms with van der Waals surface area (Å²) in [5.41, 5.74) is 3.40. The number of halogens is 2. The number of hydrazone groups is 1. The molecule has 2 aromatic carbocycles. The van der Waals surface area contributed by atoms with Crippen LogP contribution in [0.15, 0.2) is 41.5 Å². The monoisotopic (exact) mass is 423 g/mol. The topological polar surface area (TPSA) is 89.0 Å². The first-order valence-corrected chi connectivity index (χ1v) is 8.97. The molecule has 148 valence electrons. The number of nitrogens with zero attached hydrogens (tertiary/aromatic N) is 1. The average Bonchev–Trinajstić information content (AvgIpc) is 2.69. The van der Waals surface area contributed by atoms with Gasteiger partial charge in [-0.15, -0.1) is 0 Å². The minimum Gasteiger partial charge on any atom is -0.497 e. The van der Waals surface area contributed by atoms with E-state index in [0.29, 0.717) is 27.6 Å². The summed E-state index contributed by atoms with van der Waals surface area (Å²) < 4.78 is 10.4. The lowest BCUT2D eigenvalue weighted by Crippen LogP contribution is -2.29. The number of rotatable bonds is 8. The van der Waals surface area contributed by atoms with Gasteiger partial charge in [0, 0.05) is 24.1 Å². The third kappa shape index (κ3) is 6.14. The molecule has 0 heterocycles. The Hall–Kier alpha value is -2.77. The minimum atomic E-state index is -0.354. The van der Waals surface area contributed by atoms with E-state index in [9.17, 15) is 9.59 Å². The Balaban J connectivity index is 1.82. The SMILES string of the molecule is COc1ccc(OC)c(C=NNC(=O)CCNC(=O)c2ccc(Cl)c(Cl)c2)c1. The molecule has 0 unspecified atom stereocenters. The van der Waals surface area contributed by atoms with Crippen molar-refractivity contribution in [3.05, 3.63) is 57.6 Å². The van der Waals surface area contributed by atoms with Gasteiger partial charge in [0.15, 0.2) is 0 Å². The normalized spacial score (nSPS) is 10.6. The number of methoxy groups -OCH3 is 2. The van der Waals surface area contributed by atoms with Crippen molar-refractivity contribution in [3.63, 3.8) is 0 Å². The van der Waals surface area contributed by atoms with Crippen molar-refractivity contribution in [3.8, 4) is 11.5 Å². The Morgan fingerprint density at radius 3 is 2.54 bits per heavy atom. The molecule has 0 saturated carbocycles. The fraction of sp³-hybridized carbons (Fsp3) is 0.211. The molecule has 0 bridgehead atoms. The van der Waals surface area contributed by atoms with Gasteiger partial charge < -0.3 is 14.8 Å². The van der Waals surface area contributed by atoms with Gasteiger partial charge in [-0.05, 0) is 36.4 Å². The van der Waals surface area contributed by atoms with Crippen LogP contribution in [0.3, 0.4) is 0 Å². The molecule has 0 atom stereocenters. The maximum atomic E-state index is 12.0. The van der Waals surface area contributed by atoms with Crippen molar-refractivity contribution in [1.29, 1.82) is 0 Å². The second-order valence-corrected chi connectivity index (χ2v) is 6.35. The largest absolute Gasteiger partial charge is 0.497 e.